The van der Waals surface area contributed by atoms with Crippen LogP contribution in [0.25, 0.3) is 0 Å². The number of hydrogen-bond donors (Lipinski definition) is 1. The summed E-state index contributed by atoms with van der Waals surface area (Å²) in [6, 6.07) is 11.7. The second-order valence-electron chi connectivity index (χ2n) is 2.43. The Morgan fingerprint density at radius 3 is 2.40 bits per heavy atom. The summed E-state index contributed by atoms with van der Waals surface area (Å²) >= 11 is 0. The molecule has 1 unspecified atom stereocenters. The lowest BCUT2D eigenvalue weighted by molar-refractivity contribution is 0.816. The molecule has 1 rings (SSSR count). The van der Waals surface area contributed by atoms with Gasteiger partial charge in [0, 0.05) is 16.3 Å². The van der Waals surface area contributed by atoms with Gasteiger partial charge in [-0.05, 0) is 11.6 Å². The molecule has 0 bridgehead atoms. The molecule has 1 aromatic carbocycles. The van der Waals surface area contributed by atoms with Crippen LogP contribution in [0.2, 0.25) is 6.04 Å². The van der Waals surface area contributed by atoms with E-state index in [0.717, 1.165) is 6.04 Å². The predicted octanol–water partition coefficient (Wildman–Crippen LogP) is 0.470. The zero-order chi connectivity index (χ0) is 7.40. The molecule has 0 aliphatic rings. The fraction of sp³-hybridized carbons (Fsp3) is 0.250. The van der Waals surface area contributed by atoms with Crippen LogP contribution in [0.1, 0.15) is 11.6 Å². The highest BCUT2D eigenvalue weighted by Crippen LogP contribution is 2.10. The topological polar surface area (TPSA) is 26.0 Å². The second-order valence-corrected chi connectivity index (χ2v) is 3.24. The normalized spacial score (nSPS) is 13.3. The first kappa shape index (κ1) is 7.50. The molecule has 54 valence electrons. The molecule has 1 aromatic rings. The van der Waals surface area contributed by atoms with Crippen LogP contribution in [0.4, 0.5) is 0 Å². The zero-order valence-corrected chi connectivity index (χ0v) is 8.25. The van der Waals surface area contributed by atoms with Gasteiger partial charge in [-0.25, -0.2) is 0 Å². The SMILES string of the molecule is NC(C[SiH3])c1ccccc1. The molecule has 1 nitrogen and oxygen atoms in total. The summed E-state index contributed by atoms with van der Waals surface area (Å²) in [5, 5.41) is 0. The van der Waals surface area contributed by atoms with Crippen molar-refractivity contribution in [3.05, 3.63) is 35.9 Å². The van der Waals surface area contributed by atoms with Crippen LogP contribution in [0.5, 0.6) is 0 Å². The van der Waals surface area contributed by atoms with Crippen molar-refractivity contribution < 1.29 is 0 Å². The zero-order valence-electron chi connectivity index (χ0n) is 6.25. The van der Waals surface area contributed by atoms with E-state index in [1.165, 1.54) is 15.8 Å². The maximum atomic E-state index is 5.83. The van der Waals surface area contributed by atoms with Crippen LogP contribution in [0, 0.1) is 0 Å². The summed E-state index contributed by atoms with van der Waals surface area (Å²) in [4.78, 5) is 0. The maximum Gasteiger partial charge on any atom is 0.0262 e. The van der Waals surface area contributed by atoms with Gasteiger partial charge in [0.25, 0.3) is 0 Å². The molecule has 10 heavy (non-hydrogen) atoms. The van der Waals surface area contributed by atoms with Crippen molar-refractivity contribution in [2.75, 3.05) is 0 Å². The van der Waals surface area contributed by atoms with Gasteiger partial charge in [-0.15, -0.1) is 0 Å². The Hall–Kier alpha value is -0.603. The van der Waals surface area contributed by atoms with Crippen molar-refractivity contribution in [3.63, 3.8) is 0 Å². The number of benzene rings is 1. The lowest BCUT2D eigenvalue weighted by atomic mass is 10.1. The van der Waals surface area contributed by atoms with Crippen LogP contribution in [-0.2, 0) is 0 Å². The molecule has 0 fully saturated rings. The Bertz CT molecular complexity index is 186. The fourth-order valence-corrected chi connectivity index (χ4v) is 1.41. The van der Waals surface area contributed by atoms with Crippen LogP contribution in [0.15, 0.2) is 30.3 Å². The van der Waals surface area contributed by atoms with E-state index in [-0.39, 0.29) is 6.04 Å². The third-order valence-corrected chi connectivity index (χ3v) is 2.55. The Balaban J connectivity index is 2.75. The summed E-state index contributed by atoms with van der Waals surface area (Å²) < 4.78 is 0. The molecule has 0 aliphatic carbocycles. The summed E-state index contributed by atoms with van der Waals surface area (Å²) in [6.45, 7) is 0. The van der Waals surface area contributed by atoms with Gasteiger partial charge < -0.3 is 5.73 Å². The molecule has 0 saturated heterocycles. The van der Waals surface area contributed by atoms with Gasteiger partial charge in [-0.2, -0.15) is 0 Å². The lowest BCUT2D eigenvalue weighted by Gasteiger charge is -2.07. The predicted molar refractivity (Wildman–Crippen MR) is 48.1 cm³/mol. The third-order valence-electron chi connectivity index (χ3n) is 1.67. The van der Waals surface area contributed by atoms with Gasteiger partial charge in [0.1, 0.15) is 0 Å². The highest BCUT2D eigenvalue weighted by Gasteiger charge is 1.99. The van der Waals surface area contributed by atoms with Crippen molar-refractivity contribution in [1.82, 2.24) is 0 Å². The first-order valence-corrected chi connectivity index (χ1v) is 5.06. The van der Waals surface area contributed by atoms with Gasteiger partial charge in [0.15, 0.2) is 0 Å². The highest BCUT2D eigenvalue weighted by atomic mass is 28.1. The lowest BCUT2D eigenvalue weighted by Crippen LogP contribution is -2.08. The first-order valence-electron chi connectivity index (χ1n) is 3.65. The third kappa shape index (κ3) is 1.69. The van der Waals surface area contributed by atoms with Crippen molar-refractivity contribution in [2.45, 2.75) is 12.1 Å². The van der Waals surface area contributed by atoms with E-state index in [1.807, 2.05) is 18.2 Å². The second kappa shape index (κ2) is 3.54. The monoisotopic (exact) mass is 151 g/mol. The number of rotatable bonds is 2. The molecule has 0 amide bonds. The Morgan fingerprint density at radius 2 is 1.90 bits per heavy atom. The van der Waals surface area contributed by atoms with Crippen molar-refractivity contribution in [3.8, 4) is 0 Å². The molecule has 0 heterocycles. The van der Waals surface area contributed by atoms with E-state index in [1.54, 1.807) is 0 Å². The Labute approximate surface area is 64.7 Å². The molecule has 2 heteroatoms. The summed E-state index contributed by atoms with van der Waals surface area (Å²) in [5.74, 6) is 0. The summed E-state index contributed by atoms with van der Waals surface area (Å²) in [5.41, 5.74) is 7.09. The van der Waals surface area contributed by atoms with Gasteiger partial charge in [0.2, 0.25) is 0 Å². The van der Waals surface area contributed by atoms with E-state index in [4.69, 9.17) is 5.73 Å². The number of hydrogen-bond acceptors (Lipinski definition) is 1. The van der Waals surface area contributed by atoms with E-state index in [9.17, 15) is 0 Å². The quantitative estimate of drug-likeness (QED) is 0.611. The van der Waals surface area contributed by atoms with E-state index in [2.05, 4.69) is 12.1 Å². The van der Waals surface area contributed by atoms with Crippen LogP contribution in [-0.4, -0.2) is 10.2 Å². The largest absolute Gasteiger partial charge is 0.324 e. The summed E-state index contributed by atoms with van der Waals surface area (Å²) in [6.07, 6.45) is 0. The molecule has 1 atom stereocenters. The Kier molecular flexibility index (Phi) is 2.65. The molecular formula is C8H13NSi. The van der Waals surface area contributed by atoms with Crippen molar-refractivity contribution in [2.24, 2.45) is 5.73 Å². The van der Waals surface area contributed by atoms with Gasteiger partial charge in [0.05, 0.1) is 0 Å². The minimum Gasteiger partial charge on any atom is -0.324 e. The van der Waals surface area contributed by atoms with E-state index in [0.29, 0.717) is 0 Å². The average Bonchev–Trinajstić information content (AvgIpc) is 2.05. The molecule has 2 N–H and O–H groups in total. The standard InChI is InChI=1S/C8H13NSi/c9-8(6-10)7-4-2-1-3-5-7/h1-5,8H,6,9H2,10H3. The number of nitrogens with two attached hydrogens (primary N) is 1. The van der Waals surface area contributed by atoms with Crippen LogP contribution < -0.4 is 5.73 Å². The molecule has 0 spiro atoms. The molecular weight excluding hydrogens is 138 g/mol. The van der Waals surface area contributed by atoms with Gasteiger partial charge >= 0.3 is 0 Å². The molecule has 0 saturated carbocycles. The summed E-state index contributed by atoms with van der Waals surface area (Å²) in [7, 11) is 1.18. The van der Waals surface area contributed by atoms with Crippen LogP contribution in [0.3, 0.4) is 0 Å². The molecule has 0 radical (unpaired) electrons. The molecule has 0 aromatic heterocycles. The first-order chi connectivity index (χ1) is 4.84. The van der Waals surface area contributed by atoms with Crippen molar-refractivity contribution >= 4 is 10.2 Å². The fourth-order valence-electron chi connectivity index (χ4n) is 0.936. The average molecular weight is 151 g/mol. The maximum absolute atomic E-state index is 5.83. The van der Waals surface area contributed by atoms with Gasteiger partial charge in [-0.3, -0.25) is 0 Å². The Morgan fingerprint density at radius 1 is 1.30 bits per heavy atom. The van der Waals surface area contributed by atoms with Crippen LogP contribution >= 0.6 is 0 Å². The minimum absolute atomic E-state index is 0.271. The smallest absolute Gasteiger partial charge is 0.0262 e. The van der Waals surface area contributed by atoms with Gasteiger partial charge in [-0.1, -0.05) is 30.3 Å². The van der Waals surface area contributed by atoms with E-state index >= 15 is 0 Å². The molecule has 0 aliphatic heterocycles. The highest BCUT2D eigenvalue weighted by molar-refractivity contribution is 6.08. The van der Waals surface area contributed by atoms with E-state index < -0.39 is 0 Å². The minimum atomic E-state index is 0.271. The van der Waals surface area contributed by atoms with Crippen molar-refractivity contribution in [1.29, 1.82) is 0 Å².